The monoisotopic (exact) mass is 347 g/mol. The second kappa shape index (κ2) is 6.68. The van der Waals surface area contributed by atoms with Crippen molar-refractivity contribution in [1.29, 1.82) is 0 Å². The smallest absolute Gasteiger partial charge is 0.235 e. The lowest BCUT2D eigenvalue weighted by Gasteiger charge is -2.08. The minimum atomic E-state index is 0.117. The van der Waals surface area contributed by atoms with Gasteiger partial charge in [-0.05, 0) is 18.4 Å². The van der Waals surface area contributed by atoms with Gasteiger partial charge in [0.25, 0.3) is 0 Å². The Labute approximate surface area is 149 Å². The zero-order chi connectivity index (χ0) is 17.9. The molecule has 5 N–H and O–H groups in total. The lowest BCUT2D eigenvalue weighted by molar-refractivity contribution is 0.964. The number of aromatic nitrogens is 5. The summed E-state index contributed by atoms with van der Waals surface area (Å²) in [6.07, 6.45) is 2.40. The van der Waals surface area contributed by atoms with Crippen LogP contribution in [0.4, 0.5) is 29.4 Å². The Bertz CT molecular complexity index is 951. The van der Waals surface area contributed by atoms with E-state index in [0.717, 1.165) is 11.3 Å². The van der Waals surface area contributed by atoms with E-state index in [2.05, 4.69) is 40.6 Å². The molecule has 4 rings (SSSR count). The first-order chi connectivity index (χ1) is 12.7. The molecular weight excluding hydrogens is 330 g/mol. The van der Waals surface area contributed by atoms with Crippen molar-refractivity contribution >= 4 is 29.4 Å². The molecule has 1 fully saturated rings. The third-order valence-corrected chi connectivity index (χ3v) is 4.02. The highest BCUT2D eigenvalue weighted by molar-refractivity contribution is 5.52. The van der Waals surface area contributed by atoms with Crippen LogP contribution in [0, 0.1) is 6.57 Å². The van der Waals surface area contributed by atoms with Gasteiger partial charge >= 0.3 is 0 Å². The molecule has 0 aliphatic heterocycles. The number of nitrogens with one attached hydrogen (secondary N) is 3. The standard InChI is InChI=1S/C17H17N9/c1-19-12-6-2-10(3-7-12)9-20-16-22-15(18)23-17(24-16)21-14-8-13(25-26-14)11-4-5-11/h2-3,6-8,11H,4-5,9H2,(H5,18,20,21,22,23,24,25,26). The van der Waals surface area contributed by atoms with E-state index in [-0.39, 0.29) is 5.95 Å². The van der Waals surface area contributed by atoms with Gasteiger partial charge < -0.3 is 16.4 Å². The Hall–Kier alpha value is -3.67. The summed E-state index contributed by atoms with van der Waals surface area (Å²) in [5.41, 5.74) is 8.51. The number of anilines is 4. The van der Waals surface area contributed by atoms with Gasteiger partial charge in [-0.15, -0.1) is 0 Å². The Morgan fingerprint density at radius 3 is 2.65 bits per heavy atom. The Morgan fingerprint density at radius 1 is 1.15 bits per heavy atom. The Kier molecular flexibility index (Phi) is 4.07. The lowest BCUT2D eigenvalue weighted by Crippen LogP contribution is -2.09. The minimum Gasteiger partial charge on any atom is -0.368 e. The number of nitrogens with zero attached hydrogens (tertiary/aromatic N) is 5. The summed E-state index contributed by atoms with van der Waals surface area (Å²) in [6.45, 7) is 7.48. The summed E-state index contributed by atoms with van der Waals surface area (Å²) in [4.78, 5) is 15.9. The van der Waals surface area contributed by atoms with E-state index in [1.807, 2.05) is 18.2 Å². The quantitative estimate of drug-likeness (QED) is 0.506. The second-order valence-electron chi connectivity index (χ2n) is 6.08. The fourth-order valence-corrected chi connectivity index (χ4v) is 2.52. The van der Waals surface area contributed by atoms with Gasteiger partial charge in [0.1, 0.15) is 0 Å². The number of nitrogen functional groups attached to an aromatic ring is 1. The predicted octanol–water partition coefficient (Wildman–Crippen LogP) is 2.96. The van der Waals surface area contributed by atoms with E-state index in [0.29, 0.717) is 35.9 Å². The van der Waals surface area contributed by atoms with Crippen LogP contribution in [0.25, 0.3) is 4.85 Å². The lowest BCUT2D eigenvalue weighted by atomic mass is 10.2. The van der Waals surface area contributed by atoms with Crippen molar-refractivity contribution < 1.29 is 0 Å². The highest BCUT2D eigenvalue weighted by Crippen LogP contribution is 2.39. The molecule has 1 aliphatic rings. The number of hydrogen-bond donors (Lipinski definition) is 4. The molecule has 0 unspecified atom stereocenters. The summed E-state index contributed by atoms with van der Waals surface area (Å²) < 4.78 is 0. The van der Waals surface area contributed by atoms with Crippen LogP contribution in [0.3, 0.4) is 0 Å². The summed E-state index contributed by atoms with van der Waals surface area (Å²) in [5.74, 6) is 2.06. The molecule has 130 valence electrons. The molecule has 0 amide bonds. The molecule has 9 nitrogen and oxygen atoms in total. The van der Waals surface area contributed by atoms with E-state index in [1.54, 1.807) is 12.1 Å². The molecule has 2 aromatic heterocycles. The van der Waals surface area contributed by atoms with Gasteiger partial charge in [-0.3, -0.25) is 5.10 Å². The molecule has 0 saturated heterocycles. The van der Waals surface area contributed by atoms with E-state index in [4.69, 9.17) is 12.3 Å². The minimum absolute atomic E-state index is 0.117. The molecule has 9 heteroatoms. The van der Waals surface area contributed by atoms with Crippen LogP contribution < -0.4 is 16.4 Å². The Balaban J connectivity index is 1.43. The maximum absolute atomic E-state index is 6.97. The van der Waals surface area contributed by atoms with Crippen LogP contribution in [0.1, 0.15) is 30.0 Å². The number of H-pyrrole nitrogens is 1. The largest absolute Gasteiger partial charge is 0.368 e. The van der Waals surface area contributed by atoms with Crippen molar-refractivity contribution in [2.24, 2.45) is 0 Å². The fraction of sp³-hybridized carbons (Fsp3) is 0.235. The molecule has 0 bridgehead atoms. The molecule has 1 saturated carbocycles. The molecule has 3 aromatic rings. The molecule has 0 radical (unpaired) electrons. The van der Waals surface area contributed by atoms with Crippen molar-refractivity contribution in [2.75, 3.05) is 16.4 Å². The molecule has 0 atom stereocenters. The van der Waals surface area contributed by atoms with Gasteiger partial charge in [-0.2, -0.15) is 20.1 Å². The first kappa shape index (κ1) is 15.8. The van der Waals surface area contributed by atoms with Gasteiger partial charge in [0, 0.05) is 24.2 Å². The van der Waals surface area contributed by atoms with Crippen molar-refractivity contribution in [1.82, 2.24) is 25.1 Å². The van der Waals surface area contributed by atoms with Gasteiger partial charge in [-0.25, -0.2) is 4.85 Å². The van der Waals surface area contributed by atoms with Crippen LogP contribution in [0.5, 0.6) is 0 Å². The predicted molar refractivity (Wildman–Crippen MR) is 98.1 cm³/mol. The van der Waals surface area contributed by atoms with E-state index in [1.165, 1.54) is 12.8 Å². The normalized spacial score (nSPS) is 13.2. The maximum Gasteiger partial charge on any atom is 0.235 e. The molecule has 1 aliphatic carbocycles. The van der Waals surface area contributed by atoms with Crippen molar-refractivity contribution in [2.45, 2.75) is 25.3 Å². The first-order valence-corrected chi connectivity index (χ1v) is 8.24. The van der Waals surface area contributed by atoms with Gasteiger partial charge in [0.2, 0.25) is 17.8 Å². The van der Waals surface area contributed by atoms with E-state index in [9.17, 15) is 0 Å². The van der Waals surface area contributed by atoms with Crippen LogP contribution in [0.2, 0.25) is 0 Å². The molecule has 26 heavy (non-hydrogen) atoms. The summed E-state index contributed by atoms with van der Waals surface area (Å²) in [7, 11) is 0. The Morgan fingerprint density at radius 2 is 1.92 bits per heavy atom. The number of benzene rings is 1. The third-order valence-electron chi connectivity index (χ3n) is 4.02. The summed E-state index contributed by atoms with van der Waals surface area (Å²) in [5, 5.41) is 13.4. The first-order valence-electron chi connectivity index (χ1n) is 8.24. The highest BCUT2D eigenvalue weighted by Gasteiger charge is 2.25. The second-order valence-corrected chi connectivity index (χ2v) is 6.08. The SMILES string of the molecule is [C-]#[N+]c1ccc(CNc2nc(N)nc(Nc3cc(C4CC4)[nH]n3)n2)cc1. The molecular formula is C17H17N9. The van der Waals surface area contributed by atoms with Crippen LogP contribution in [-0.4, -0.2) is 25.1 Å². The average Bonchev–Trinajstić information content (AvgIpc) is 3.40. The zero-order valence-corrected chi connectivity index (χ0v) is 13.9. The van der Waals surface area contributed by atoms with E-state index < -0.39 is 0 Å². The van der Waals surface area contributed by atoms with Crippen molar-refractivity contribution in [3.8, 4) is 0 Å². The van der Waals surface area contributed by atoms with E-state index >= 15 is 0 Å². The average molecular weight is 347 g/mol. The van der Waals surface area contributed by atoms with Crippen molar-refractivity contribution in [3.05, 3.63) is 53.0 Å². The molecule has 0 spiro atoms. The highest BCUT2D eigenvalue weighted by atomic mass is 15.3. The summed E-state index contributed by atoms with van der Waals surface area (Å²) in [6, 6.07) is 9.27. The van der Waals surface area contributed by atoms with Gasteiger partial charge in [0.15, 0.2) is 11.5 Å². The summed E-state index contributed by atoms with van der Waals surface area (Å²) >= 11 is 0. The third kappa shape index (κ3) is 3.70. The van der Waals surface area contributed by atoms with Gasteiger partial charge in [-0.1, -0.05) is 24.3 Å². The maximum atomic E-state index is 6.97. The van der Waals surface area contributed by atoms with Crippen LogP contribution in [-0.2, 0) is 6.54 Å². The number of rotatable bonds is 6. The number of hydrogen-bond acceptors (Lipinski definition) is 7. The van der Waals surface area contributed by atoms with Crippen molar-refractivity contribution in [3.63, 3.8) is 0 Å². The number of aromatic amines is 1. The number of nitrogens with two attached hydrogens (primary N) is 1. The fourth-order valence-electron chi connectivity index (χ4n) is 2.52. The molecule has 1 aromatic carbocycles. The zero-order valence-electron chi connectivity index (χ0n) is 13.9. The van der Waals surface area contributed by atoms with Crippen LogP contribution in [0.15, 0.2) is 30.3 Å². The van der Waals surface area contributed by atoms with Gasteiger partial charge in [0.05, 0.1) is 6.57 Å². The topological polar surface area (TPSA) is 122 Å². The molecule has 2 heterocycles. The van der Waals surface area contributed by atoms with Crippen LogP contribution >= 0.6 is 0 Å².